The quantitative estimate of drug-likeness (QED) is 0.565. The molecular weight excluding hydrogens is 437 g/mol. The molecule has 2 bridgehead atoms. The van der Waals surface area contributed by atoms with Gasteiger partial charge in [0.05, 0.1) is 5.54 Å². The zero-order valence-corrected chi connectivity index (χ0v) is 18.2. The summed E-state index contributed by atoms with van der Waals surface area (Å²) < 4.78 is 22.5. The van der Waals surface area contributed by atoms with Crippen LogP contribution in [-0.2, 0) is 0 Å². The number of carbonyl (C=O) groups is 1. The molecule has 1 atom stereocenters. The minimum Gasteiger partial charge on any atom is -0.502 e. The van der Waals surface area contributed by atoms with Gasteiger partial charge in [-0.2, -0.15) is 0 Å². The van der Waals surface area contributed by atoms with Gasteiger partial charge >= 0.3 is 0 Å². The van der Waals surface area contributed by atoms with Gasteiger partial charge in [-0.15, -0.1) is 0 Å². The average molecular weight is 459 g/mol. The van der Waals surface area contributed by atoms with Crippen LogP contribution in [0.4, 0.5) is 4.39 Å². The third kappa shape index (κ3) is 3.02. The molecule has 8 heteroatoms. The predicted octanol–water partition coefficient (Wildman–Crippen LogP) is 3.32. The fraction of sp³-hybridized carbons (Fsp3) is 0.231. The van der Waals surface area contributed by atoms with Crippen molar-refractivity contribution < 1.29 is 19.0 Å². The first kappa shape index (κ1) is 20.5. The van der Waals surface area contributed by atoms with Crippen LogP contribution in [0, 0.1) is 5.82 Å². The van der Waals surface area contributed by atoms with Crippen LogP contribution in [-0.4, -0.2) is 39.4 Å². The highest BCUT2D eigenvalue weighted by atomic mass is 19.1. The Bertz CT molecular complexity index is 1380. The molecule has 2 aromatic carbocycles. The van der Waals surface area contributed by atoms with Gasteiger partial charge in [0.25, 0.3) is 5.91 Å². The lowest BCUT2D eigenvalue weighted by Crippen LogP contribution is -2.58. The van der Waals surface area contributed by atoms with Crippen molar-refractivity contribution in [2.24, 2.45) is 0 Å². The summed E-state index contributed by atoms with van der Waals surface area (Å²) in [7, 11) is 0. The highest BCUT2D eigenvalue weighted by Crippen LogP contribution is 2.47. The number of rotatable bonds is 1. The minimum atomic E-state index is -0.628. The van der Waals surface area contributed by atoms with Crippen LogP contribution in [0.2, 0.25) is 0 Å². The second-order valence-electron chi connectivity index (χ2n) is 8.82. The number of halogens is 1. The molecule has 7 nitrogen and oxygen atoms in total. The summed E-state index contributed by atoms with van der Waals surface area (Å²) in [4.78, 5) is 27.6. The van der Waals surface area contributed by atoms with Gasteiger partial charge in [0.2, 0.25) is 5.43 Å². The molecule has 1 amide bonds. The number of hydrogen-bond donors (Lipinski definition) is 1. The number of fused-ring (bicyclic) bond motifs is 6. The molecule has 0 radical (unpaired) electrons. The van der Waals surface area contributed by atoms with Crippen LogP contribution in [0.15, 0.2) is 77.7 Å². The van der Waals surface area contributed by atoms with Crippen molar-refractivity contribution in [2.75, 3.05) is 18.3 Å². The Labute approximate surface area is 194 Å². The molecule has 0 saturated heterocycles. The largest absolute Gasteiger partial charge is 0.502 e. The van der Waals surface area contributed by atoms with Crippen LogP contribution in [0.3, 0.4) is 0 Å². The van der Waals surface area contributed by atoms with Gasteiger partial charge < -0.3 is 14.7 Å². The van der Waals surface area contributed by atoms with Gasteiger partial charge in [0, 0.05) is 17.8 Å². The van der Waals surface area contributed by atoms with Crippen molar-refractivity contribution in [1.82, 2.24) is 9.58 Å². The number of aromatic hydroxyl groups is 1. The molecule has 1 aliphatic carbocycles. The fourth-order valence-electron chi connectivity index (χ4n) is 4.98. The van der Waals surface area contributed by atoms with Crippen LogP contribution < -0.4 is 15.2 Å². The van der Waals surface area contributed by atoms with E-state index < -0.39 is 34.5 Å². The number of amides is 1. The molecule has 172 valence electrons. The molecule has 2 aliphatic heterocycles. The maximum atomic E-state index is 15.1. The number of ether oxygens (including phenoxy) is 1. The van der Waals surface area contributed by atoms with Crippen molar-refractivity contribution in [3.63, 3.8) is 0 Å². The van der Waals surface area contributed by atoms with Crippen molar-refractivity contribution in [3.05, 3.63) is 106 Å². The van der Waals surface area contributed by atoms with E-state index in [0.717, 1.165) is 18.4 Å². The smallest absolute Gasteiger partial charge is 0.278 e. The highest BCUT2D eigenvalue weighted by molar-refractivity contribution is 5.97. The summed E-state index contributed by atoms with van der Waals surface area (Å²) in [6, 6.07) is 15.0. The van der Waals surface area contributed by atoms with Crippen molar-refractivity contribution in [2.45, 2.75) is 24.4 Å². The summed E-state index contributed by atoms with van der Waals surface area (Å²) in [6.07, 6.45) is 6.70. The molecule has 0 unspecified atom stereocenters. The summed E-state index contributed by atoms with van der Waals surface area (Å²) >= 11 is 0. The van der Waals surface area contributed by atoms with Gasteiger partial charge in [0.1, 0.15) is 19.3 Å². The standard InChI is InChI=1S/C26H22FN3O4/c27-19-9-4-8-18-21(17-6-2-1-3-7-17)30-16-28(26(12-13-26)11-5-15-34-24(18)19)25(33)22-23(32)20(31)10-14-29(22)30/h1-11,14,21,32H,12-13,15-16H2/b11-5-/t21-/m0/s1. The number of aromatic nitrogens is 1. The van der Waals surface area contributed by atoms with Crippen LogP contribution in [0.5, 0.6) is 11.5 Å². The first-order valence-electron chi connectivity index (χ1n) is 11.2. The van der Waals surface area contributed by atoms with E-state index >= 15 is 4.39 Å². The highest BCUT2D eigenvalue weighted by Gasteiger charge is 2.52. The maximum Gasteiger partial charge on any atom is 0.278 e. The number of benzene rings is 2. The number of carbonyl (C=O) groups excluding carboxylic acids is 1. The van der Waals surface area contributed by atoms with Gasteiger partial charge in [0.15, 0.2) is 23.0 Å². The molecule has 1 saturated carbocycles. The third-order valence-electron chi connectivity index (χ3n) is 6.82. The Balaban J connectivity index is 1.67. The van der Waals surface area contributed by atoms with E-state index in [0.29, 0.717) is 5.56 Å². The zero-order valence-electron chi connectivity index (χ0n) is 18.2. The first-order chi connectivity index (χ1) is 16.5. The van der Waals surface area contributed by atoms with Crippen LogP contribution >= 0.6 is 0 Å². The fourth-order valence-corrected chi connectivity index (χ4v) is 4.98. The Morgan fingerprint density at radius 3 is 2.59 bits per heavy atom. The van der Waals surface area contributed by atoms with Crippen LogP contribution in [0.25, 0.3) is 0 Å². The molecule has 3 aromatic rings. The molecule has 1 aromatic heterocycles. The van der Waals surface area contributed by atoms with Crippen LogP contribution in [0.1, 0.15) is 40.5 Å². The third-order valence-corrected chi connectivity index (χ3v) is 6.82. The van der Waals surface area contributed by atoms with Gasteiger partial charge in [-0.1, -0.05) is 48.5 Å². The second kappa shape index (κ2) is 7.48. The number of nitrogens with zero attached hydrogens (tertiary/aromatic N) is 3. The van der Waals surface area contributed by atoms with E-state index in [-0.39, 0.29) is 24.7 Å². The van der Waals surface area contributed by atoms with Crippen molar-refractivity contribution in [3.8, 4) is 11.5 Å². The molecular formula is C26H22FN3O4. The van der Waals surface area contributed by atoms with Gasteiger partial charge in [-0.25, -0.2) is 4.39 Å². The maximum absolute atomic E-state index is 15.1. The van der Waals surface area contributed by atoms with E-state index in [4.69, 9.17) is 4.74 Å². The Hall–Kier alpha value is -4.07. The van der Waals surface area contributed by atoms with E-state index in [1.54, 1.807) is 23.1 Å². The average Bonchev–Trinajstić information content (AvgIpc) is 3.63. The lowest BCUT2D eigenvalue weighted by atomic mass is 9.96. The van der Waals surface area contributed by atoms with E-state index in [1.165, 1.54) is 23.0 Å². The first-order valence-corrected chi connectivity index (χ1v) is 11.2. The summed E-state index contributed by atoms with van der Waals surface area (Å²) in [6.45, 7) is 0.323. The molecule has 34 heavy (non-hydrogen) atoms. The molecule has 1 spiro atoms. The monoisotopic (exact) mass is 459 g/mol. The topological polar surface area (TPSA) is 75.0 Å². The summed E-state index contributed by atoms with van der Waals surface area (Å²) in [5.74, 6) is -1.37. The van der Waals surface area contributed by atoms with E-state index in [9.17, 15) is 14.7 Å². The van der Waals surface area contributed by atoms with E-state index in [1.807, 2.05) is 41.4 Å². The van der Waals surface area contributed by atoms with Gasteiger partial charge in [-0.05, 0) is 30.5 Å². The summed E-state index contributed by atoms with van der Waals surface area (Å²) in [5.41, 5.74) is 0.145. The Morgan fingerprint density at radius 1 is 1.03 bits per heavy atom. The molecule has 3 heterocycles. The van der Waals surface area contributed by atoms with Gasteiger partial charge in [-0.3, -0.25) is 19.3 Å². The number of pyridine rings is 1. The Kier molecular flexibility index (Phi) is 4.52. The SMILES string of the molecule is O=C1c2c(O)c(=O)ccn2N2CN1C1(/C=C\COc3c(F)cccc3[C@@H]2c2ccccc2)CC1. The number of hydrogen-bond acceptors (Lipinski definition) is 5. The molecule has 3 aliphatic rings. The van der Waals surface area contributed by atoms with Crippen molar-refractivity contribution >= 4 is 5.91 Å². The molecule has 1 N–H and O–H groups in total. The minimum absolute atomic E-state index is 0.0996. The lowest BCUT2D eigenvalue weighted by molar-refractivity contribution is 0.0606. The molecule has 6 rings (SSSR count). The Morgan fingerprint density at radius 2 is 1.82 bits per heavy atom. The predicted molar refractivity (Wildman–Crippen MR) is 123 cm³/mol. The number of para-hydroxylation sites is 1. The molecule has 1 fully saturated rings. The second-order valence-corrected chi connectivity index (χ2v) is 8.82. The normalized spacial score (nSPS) is 21.2. The lowest BCUT2D eigenvalue weighted by Gasteiger charge is -2.46. The summed E-state index contributed by atoms with van der Waals surface area (Å²) in [5, 5.41) is 12.6. The van der Waals surface area contributed by atoms with Crippen molar-refractivity contribution in [1.29, 1.82) is 0 Å². The van der Waals surface area contributed by atoms with E-state index in [2.05, 4.69) is 0 Å². The zero-order chi connectivity index (χ0) is 23.4.